The van der Waals surface area contributed by atoms with E-state index in [2.05, 4.69) is 4.98 Å². The lowest BCUT2D eigenvalue weighted by Crippen LogP contribution is -2.26. The van der Waals surface area contributed by atoms with Gasteiger partial charge >= 0.3 is 6.18 Å². The summed E-state index contributed by atoms with van der Waals surface area (Å²) in [5.74, 6) is 0.0814. The van der Waals surface area contributed by atoms with Crippen molar-refractivity contribution in [1.29, 1.82) is 0 Å². The molecule has 2 unspecified atom stereocenters. The van der Waals surface area contributed by atoms with Crippen LogP contribution in [0.1, 0.15) is 30.4 Å². The number of hydrogen-bond acceptors (Lipinski definition) is 4. The molecule has 2 atom stereocenters. The van der Waals surface area contributed by atoms with Crippen LogP contribution in [0.25, 0.3) is 5.57 Å². The number of rotatable bonds is 2. The van der Waals surface area contributed by atoms with Crippen molar-refractivity contribution in [3.63, 3.8) is 0 Å². The van der Waals surface area contributed by atoms with E-state index >= 15 is 0 Å². The van der Waals surface area contributed by atoms with E-state index in [4.69, 9.17) is 4.74 Å². The average molecular weight is 333 g/mol. The van der Waals surface area contributed by atoms with Crippen molar-refractivity contribution in [1.82, 2.24) is 4.98 Å². The molecule has 1 aromatic heterocycles. The summed E-state index contributed by atoms with van der Waals surface area (Å²) in [4.78, 5) is 3.71. The van der Waals surface area contributed by atoms with Crippen LogP contribution in [0.4, 0.5) is 13.2 Å². The average Bonchev–Trinajstić information content (AvgIpc) is 2.66. The van der Waals surface area contributed by atoms with Crippen molar-refractivity contribution in [2.45, 2.75) is 35.9 Å². The van der Waals surface area contributed by atoms with Gasteiger partial charge in [-0.25, -0.2) is 13.4 Å². The fraction of sp³-hybridized carbons (Fsp3) is 0.500. The molecule has 0 radical (unpaired) electrons. The van der Waals surface area contributed by atoms with Crippen molar-refractivity contribution in [2.75, 3.05) is 7.11 Å². The van der Waals surface area contributed by atoms with Crippen LogP contribution in [0, 0.1) is 0 Å². The van der Waals surface area contributed by atoms with E-state index in [1.54, 1.807) is 6.08 Å². The molecule has 1 aromatic rings. The minimum absolute atomic E-state index is 0.0814. The third-order valence-electron chi connectivity index (χ3n) is 4.21. The number of methoxy groups -OCH3 is 1. The number of hydrogen-bond donors (Lipinski definition) is 0. The molecule has 0 saturated carbocycles. The van der Waals surface area contributed by atoms with Crippen LogP contribution in [0.3, 0.4) is 0 Å². The molecular weight excluding hydrogens is 319 g/mol. The second-order valence-corrected chi connectivity index (χ2v) is 7.95. The Morgan fingerprint density at radius 1 is 1.32 bits per heavy atom. The summed E-state index contributed by atoms with van der Waals surface area (Å²) in [7, 11) is -1.86. The van der Waals surface area contributed by atoms with Gasteiger partial charge in [0.1, 0.15) is 0 Å². The Labute approximate surface area is 125 Å². The topological polar surface area (TPSA) is 56.3 Å². The zero-order chi connectivity index (χ0) is 16.1. The molecule has 8 heteroatoms. The summed E-state index contributed by atoms with van der Waals surface area (Å²) in [6.07, 6.45) is -0.963. The number of alkyl halides is 3. The first-order valence-corrected chi connectivity index (χ1v) is 8.39. The van der Waals surface area contributed by atoms with Gasteiger partial charge in [-0.3, -0.25) is 0 Å². The quantitative estimate of drug-likeness (QED) is 0.835. The minimum Gasteiger partial charge on any atom is -0.481 e. The Bertz CT molecular complexity index is 740. The van der Waals surface area contributed by atoms with Gasteiger partial charge in [0, 0.05) is 11.8 Å². The van der Waals surface area contributed by atoms with Crippen molar-refractivity contribution in [2.24, 2.45) is 0 Å². The highest BCUT2D eigenvalue weighted by atomic mass is 32.2. The van der Waals surface area contributed by atoms with Crippen LogP contribution in [-0.4, -0.2) is 31.0 Å². The largest absolute Gasteiger partial charge is 0.481 e. The molecule has 22 heavy (non-hydrogen) atoms. The summed E-state index contributed by atoms with van der Waals surface area (Å²) in [6.45, 7) is 0. The lowest BCUT2D eigenvalue weighted by molar-refractivity contribution is -0.137. The van der Waals surface area contributed by atoms with Crippen LogP contribution in [0.2, 0.25) is 0 Å². The molecule has 0 aromatic carbocycles. The summed E-state index contributed by atoms with van der Waals surface area (Å²) in [5, 5.41) is -1.13. The fourth-order valence-electron chi connectivity index (χ4n) is 3.06. The number of sulfone groups is 1. The number of ether oxygens (including phenoxy) is 1. The van der Waals surface area contributed by atoms with E-state index in [9.17, 15) is 21.6 Å². The molecule has 0 amide bonds. The Hall–Kier alpha value is -1.57. The van der Waals surface area contributed by atoms with Gasteiger partial charge in [0.05, 0.1) is 23.2 Å². The Kier molecular flexibility index (Phi) is 3.47. The summed E-state index contributed by atoms with van der Waals surface area (Å²) in [5.41, 5.74) is -0.0770. The lowest BCUT2D eigenvalue weighted by Gasteiger charge is -2.22. The monoisotopic (exact) mass is 333 g/mol. The van der Waals surface area contributed by atoms with E-state index in [-0.39, 0.29) is 17.9 Å². The summed E-state index contributed by atoms with van der Waals surface area (Å²) in [6, 6.07) is 0.981. The maximum atomic E-state index is 12.9. The van der Waals surface area contributed by atoms with Gasteiger partial charge in [-0.2, -0.15) is 13.2 Å². The van der Waals surface area contributed by atoms with E-state index in [0.717, 1.165) is 12.3 Å². The van der Waals surface area contributed by atoms with Gasteiger partial charge in [0.15, 0.2) is 9.84 Å². The number of halogens is 3. The van der Waals surface area contributed by atoms with Crippen LogP contribution in [0.15, 0.2) is 18.3 Å². The SMILES string of the molecule is COc1ncc(C(F)(F)F)cc1C1=CC2CCC(C1)S2(=O)=O. The highest BCUT2D eigenvalue weighted by molar-refractivity contribution is 7.93. The van der Waals surface area contributed by atoms with E-state index in [1.807, 2.05) is 0 Å². The van der Waals surface area contributed by atoms with Gasteiger partial charge in [-0.1, -0.05) is 6.08 Å². The molecule has 3 rings (SSSR count). The first-order valence-electron chi connectivity index (χ1n) is 6.78. The minimum atomic E-state index is -4.51. The first-order chi connectivity index (χ1) is 10.2. The molecule has 0 aliphatic carbocycles. The first kappa shape index (κ1) is 15.3. The molecule has 3 heterocycles. The van der Waals surface area contributed by atoms with E-state index < -0.39 is 32.1 Å². The molecule has 4 nitrogen and oxygen atoms in total. The molecule has 120 valence electrons. The molecule has 2 aliphatic rings. The third kappa shape index (κ3) is 2.39. The zero-order valence-electron chi connectivity index (χ0n) is 11.7. The lowest BCUT2D eigenvalue weighted by atomic mass is 10.00. The zero-order valence-corrected chi connectivity index (χ0v) is 12.5. The fourth-order valence-corrected chi connectivity index (χ4v) is 5.25. The van der Waals surface area contributed by atoms with E-state index in [1.165, 1.54) is 7.11 Å². The highest BCUT2D eigenvalue weighted by Crippen LogP contribution is 2.43. The summed E-state index contributed by atoms with van der Waals surface area (Å²) < 4.78 is 67.8. The number of pyridine rings is 1. The predicted octanol–water partition coefficient (Wildman–Crippen LogP) is 2.84. The molecule has 0 N–H and O–H groups in total. The molecule has 2 bridgehead atoms. The maximum Gasteiger partial charge on any atom is 0.417 e. The number of nitrogens with zero attached hydrogens (tertiary/aromatic N) is 1. The number of allylic oxidation sites excluding steroid dienone is 1. The van der Waals surface area contributed by atoms with Crippen LogP contribution in [0.5, 0.6) is 5.88 Å². The third-order valence-corrected chi connectivity index (χ3v) is 6.76. The van der Waals surface area contributed by atoms with Crippen LogP contribution < -0.4 is 4.74 Å². The Morgan fingerprint density at radius 3 is 2.64 bits per heavy atom. The van der Waals surface area contributed by atoms with Crippen LogP contribution >= 0.6 is 0 Å². The standard InChI is InChI=1S/C14H14F3NO3S/c1-21-13-12(6-9(7-18-13)14(15,16)17)8-4-10-2-3-11(5-8)22(10,19)20/h4,6-7,10-11H,2-3,5H2,1H3. The van der Waals surface area contributed by atoms with Crippen molar-refractivity contribution < 1.29 is 26.3 Å². The van der Waals surface area contributed by atoms with Crippen molar-refractivity contribution in [3.8, 4) is 5.88 Å². The van der Waals surface area contributed by atoms with Gasteiger partial charge in [-0.15, -0.1) is 0 Å². The Balaban J connectivity index is 2.09. The van der Waals surface area contributed by atoms with Crippen molar-refractivity contribution >= 4 is 15.4 Å². The van der Waals surface area contributed by atoms with Gasteiger partial charge in [0.2, 0.25) is 5.88 Å². The molecule has 2 aliphatic heterocycles. The second kappa shape index (κ2) is 4.97. The highest BCUT2D eigenvalue weighted by Gasteiger charge is 2.44. The van der Waals surface area contributed by atoms with Crippen LogP contribution in [-0.2, 0) is 16.0 Å². The Morgan fingerprint density at radius 2 is 2.05 bits per heavy atom. The smallest absolute Gasteiger partial charge is 0.417 e. The normalized spacial score (nSPS) is 26.6. The number of aromatic nitrogens is 1. The van der Waals surface area contributed by atoms with Gasteiger partial charge < -0.3 is 4.74 Å². The van der Waals surface area contributed by atoms with Crippen molar-refractivity contribution in [3.05, 3.63) is 29.5 Å². The molecule has 1 fully saturated rings. The van der Waals surface area contributed by atoms with Gasteiger partial charge in [0.25, 0.3) is 0 Å². The summed E-state index contributed by atoms with van der Waals surface area (Å²) >= 11 is 0. The second-order valence-electron chi connectivity index (χ2n) is 5.50. The molecule has 1 saturated heterocycles. The molecular formula is C14H14F3NO3S. The predicted molar refractivity (Wildman–Crippen MR) is 74.1 cm³/mol. The van der Waals surface area contributed by atoms with E-state index in [0.29, 0.717) is 18.4 Å². The number of fused-ring (bicyclic) bond motifs is 2. The van der Waals surface area contributed by atoms with Gasteiger partial charge in [-0.05, 0) is 30.9 Å². The maximum absolute atomic E-state index is 12.9. The molecule has 0 spiro atoms.